The van der Waals surface area contributed by atoms with E-state index in [1.165, 1.54) is 16.1 Å². The minimum atomic E-state index is -3.53. The molecule has 1 amide bonds. The molecule has 0 atom stereocenters. The Hall–Kier alpha value is -2.43. The highest BCUT2D eigenvalue weighted by atomic mass is 32.2. The van der Waals surface area contributed by atoms with E-state index >= 15 is 0 Å². The molecule has 1 saturated heterocycles. The summed E-state index contributed by atoms with van der Waals surface area (Å²) in [6.45, 7) is 3.26. The number of sulfonamides is 1. The Morgan fingerprint density at radius 1 is 1.03 bits per heavy atom. The first-order valence-electron chi connectivity index (χ1n) is 9.22. The first-order chi connectivity index (χ1) is 13.9. The zero-order valence-corrected chi connectivity index (χ0v) is 17.6. The van der Waals surface area contributed by atoms with Gasteiger partial charge in [0.1, 0.15) is 0 Å². The van der Waals surface area contributed by atoms with E-state index in [-0.39, 0.29) is 16.6 Å². The quantitative estimate of drug-likeness (QED) is 0.571. The van der Waals surface area contributed by atoms with Crippen LogP contribution in [0.25, 0.3) is 5.65 Å². The Bertz CT molecular complexity index is 1120. The average Bonchev–Trinajstić information content (AvgIpc) is 3.15. The molecule has 8 nitrogen and oxygen atoms in total. The van der Waals surface area contributed by atoms with Crippen LogP contribution in [0.15, 0.2) is 58.7 Å². The number of piperazine rings is 1. The summed E-state index contributed by atoms with van der Waals surface area (Å²) in [5, 5.41) is 8.85. The number of aryl methyl sites for hydroxylation is 1. The van der Waals surface area contributed by atoms with Crippen LogP contribution in [0.4, 0.5) is 0 Å². The van der Waals surface area contributed by atoms with Crippen LogP contribution in [0.3, 0.4) is 0 Å². The molecule has 1 aromatic carbocycles. The zero-order chi connectivity index (χ0) is 20.4. The fourth-order valence-electron chi connectivity index (χ4n) is 3.17. The Balaban J connectivity index is 1.34. The monoisotopic (exact) mass is 431 g/mol. The van der Waals surface area contributed by atoms with Gasteiger partial charge in [-0.3, -0.25) is 9.20 Å². The summed E-state index contributed by atoms with van der Waals surface area (Å²) < 4.78 is 28.8. The van der Waals surface area contributed by atoms with E-state index in [2.05, 4.69) is 10.2 Å². The Kier molecular flexibility index (Phi) is 5.57. The molecule has 0 radical (unpaired) electrons. The van der Waals surface area contributed by atoms with Gasteiger partial charge in [0.15, 0.2) is 10.8 Å². The fourth-order valence-corrected chi connectivity index (χ4v) is 5.42. The third-order valence-corrected chi connectivity index (χ3v) is 7.70. The zero-order valence-electron chi connectivity index (χ0n) is 15.9. The summed E-state index contributed by atoms with van der Waals surface area (Å²) in [7, 11) is -3.53. The molecule has 0 aliphatic carbocycles. The minimum absolute atomic E-state index is 0.0323. The van der Waals surface area contributed by atoms with Crippen LogP contribution in [-0.2, 0) is 14.8 Å². The van der Waals surface area contributed by atoms with Crippen LogP contribution in [0.2, 0.25) is 0 Å². The lowest BCUT2D eigenvalue weighted by atomic mass is 10.2. The second kappa shape index (κ2) is 8.13. The number of aromatic nitrogens is 3. The Morgan fingerprint density at radius 2 is 1.76 bits per heavy atom. The number of thioether (sulfide) groups is 1. The van der Waals surface area contributed by atoms with Crippen molar-refractivity contribution < 1.29 is 13.2 Å². The van der Waals surface area contributed by atoms with Gasteiger partial charge in [0, 0.05) is 32.4 Å². The average molecular weight is 432 g/mol. The van der Waals surface area contributed by atoms with E-state index < -0.39 is 10.0 Å². The van der Waals surface area contributed by atoms with Gasteiger partial charge >= 0.3 is 0 Å². The van der Waals surface area contributed by atoms with Crippen molar-refractivity contribution in [1.29, 1.82) is 0 Å². The molecule has 0 unspecified atom stereocenters. The van der Waals surface area contributed by atoms with Crippen LogP contribution < -0.4 is 0 Å². The molecule has 2 aromatic heterocycles. The van der Waals surface area contributed by atoms with Gasteiger partial charge in [0.05, 0.1) is 10.6 Å². The van der Waals surface area contributed by atoms with Crippen molar-refractivity contribution in [3.63, 3.8) is 0 Å². The number of carbonyl (C=O) groups excluding carboxylic acids is 1. The molecule has 1 fully saturated rings. The third kappa shape index (κ3) is 4.14. The lowest BCUT2D eigenvalue weighted by Crippen LogP contribution is -2.50. The number of fused-ring (bicyclic) bond motifs is 1. The van der Waals surface area contributed by atoms with Crippen molar-refractivity contribution in [1.82, 2.24) is 23.8 Å². The molecule has 10 heteroatoms. The van der Waals surface area contributed by atoms with Gasteiger partial charge in [-0.2, -0.15) is 4.31 Å². The molecule has 3 aromatic rings. The predicted octanol–water partition coefficient (Wildman–Crippen LogP) is 1.66. The fraction of sp³-hybridized carbons (Fsp3) is 0.316. The number of hydrogen-bond donors (Lipinski definition) is 0. The van der Waals surface area contributed by atoms with Gasteiger partial charge in [-0.25, -0.2) is 8.42 Å². The molecule has 3 heterocycles. The molecule has 4 rings (SSSR count). The maximum absolute atomic E-state index is 12.8. The predicted molar refractivity (Wildman–Crippen MR) is 110 cm³/mol. The number of nitrogens with zero attached hydrogens (tertiary/aromatic N) is 5. The van der Waals surface area contributed by atoms with E-state index in [9.17, 15) is 13.2 Å². The van der Waals surface area contributed by atoms with Gasteiger partial charge < -0.3 is 4.90 Å². The first-order valence-corrected chi connectivity index (χ1v) is 11.6. The van der Waals surface area contributed by atoms with Gasteiger partial charge in [0.2, 0.25) is 15.9 Å². The Morgan fingerprint density at radius 3 is 2.48 bits per heavy atom. The SMILES string of the molecule is Cc1ccc(S(=O)(=O)N2CCN(C(=O)CSc3nnc4ccccn34)CC2)cc1. The summed E-state index contributed by atoms with van der Waals surface area (Å²) >= 11 is 1.33. The minimum Gasteiger partial charge on any atom is -0.339 e. The highest BCUT2D eigenvalue weighted by molar-refractivity contribution is 7.99. The molecular weight excluding hydrogens is 410 g/mol. The van der Waals surface area contributed by atoms with Crippen LogP contribution in [-0.4, -0.2) is 70.1 Å². The summed E-state index contributed by atoms with van der Waals surface area (Å²) in [5.74, 6) is 0.204. The maximum atomic E-state index is 12.8. The molecule has 1 aliphatic heterocycles. The first kappa shape index (κ1) is 19.9. The molecule has 0 N–H and O–H groups in total. The van der Waals surface area contributed by atoms with E-state index in [4.69, 9.17) is 0 Å². The lowest BCUT2D eigenvalue weighted by molar-refractivity contribution is -0.129. The number of carbonyl (C=O) groups is 1. The summed E-state index contributed by atoms with van der Waals surface area (Å²) in [5.41, 5.74) is 1.75. The van der Waals surface area contributed by atoms with E-state index in [1.54, 1.807) is 29.2 Å². The van der Waals surface area contributed by atoms with Crippen LogP contribution >= 0.6 is 11.8 Å². The van der Waals surface area contributed by atoms with Crippen molar-refractivity contribution in [3.8, 4) is 0 Å². The molecule has 0 spiro atoms. The highest BCUT2D eigenvalue weighted by Gasteiger charge is 2.30. The van der Waals surface area contributed by atoms with Gasteiger partial charge in [0.25, 0.3) is 0 Å². The maximum Gasteiger partial charge on any atom is 0.243 e. The van der Waals surface area contributed by atoms with Crippen molar-refractivity contribution in [2.45, 2.75) is 17.0 Å². The molecule has 1 aliphatic rings. The number of benzene rings is 1. The number of rotatable bonds is 5. The van der Waals surface area contributed by atoms with Crippen molar-refractivity contribution >= 4 is 33.3 Å². The largest absolute Gasteiger partial charge is 0.339 e. The summed E-state index contributed by atoms with van der Waals surface area (Å²) in [4.78, 5) is 14.6. The van der Waals surface area contributed by atoms with Crippen LogP contribution in [0.1, 0.15) is 5.56 Å². The van der Waals surface area contributed by atoms with Gasteiger partial charge in [-0.1, -0.05) is 35.5 Å². The van der Waals surface area contributed by atoms with Crippen LogP contribution in [0, 0.1) is 6.92 Å². The van der Waals surface area contributed by atoms with E-state index in [0.717, 1.165) is 11.2 Å². The lowest BCUT2D eigenvalue weighted by Gasteiger charge is -2.34. The molecule has 29 heavy (non-hydrogen) atoms. The number of hydrogen-bond acceptors (Lipinski definition) is 6. The molecule has 0 bridgehead atoms. The van der Waals surface area contributed by atoms with E-state index in [0.29, 0.717) is 31.3 Å². The van der Waals surface area contributed by atoms with Gasteiger partial charge in [-0.05, 0) is 31.2 Å². The molecular formula is C19H21N5O3S2. The third-order valence-electron chi connectivity index (χ3n) is 4.86. The summed E-state index contributed by atoms with van der Waals surface area (Å²) in [6, 6.07) is 12.5. The van der Waals surface area contributed by atoms with Crippen LogP contribution in [0.5, 0.6) is 0 Å². The molecule has 152 valence electrons. The standard InChI is InChI=1S/C19H21N5O3S2/c1-15-5-7-16(8-6-15)29(26,27)23-12-10-22(11-13-23)18(25)14-28-19-21-20-17-4-2-3-9-24(17)19/h2-9H,10-14H2,1H3. The smallest absolute Gasteiger partial charge is 0.243 e. The number of pyridine rings is 1. The Labute approximate surface area is 173 Å². The highest BCUT2D eigenvalue weighted by Crippen LogP contribution is 2.20. The van der Waals surface area contributed by atoms with E-state index in [1.807, 2.05) is 35.7 Å². The second-order valence-electron chi connectivity index (χ2n) is 6.80. The summed E-state index contributed by atoms with van der Waals surface area (Å²) in [6.07, 6.45) is 1.86. The normalized spacial score (nSPS) is 15.7. The van der Waals surface area contributed by atoms with Crippen molar-refractivity contribution in [2.75, 3.05) is 31.9 Å². The molecule has 0 saturated carbocycles. The van der Waals surface area contributed by atoms with Crippen molar-refractivity contribution in [3.05, 3.63) is 54.2 Å². The number of amides is 1. The van der Waals surface area contributed by atoms with Crippen molar-refractivity contribution in [2.24, 2.45) is 0 Å². The second-order valence-corrected chi connectivity index (χ2v) is 9.68. The topological polar surface area (TPSA) is 87.9 Å². The van der Waals surface area contributed by atoms with Gasteiger partial charge in [-0.15, -0.1) is 10.2 Å².